The first-order chi connectivity index (χ1) is 13.7. The number of amides is 1. The van der Waals surface area contributed by atoms with Crippen molar-refractivity contribution >= 4 is 29.1 Å². The Morgan fingerprint density at radius 2 is 1.79 bits per heavy atom. The van der Waals surface area contributed by atoms with Gasteiger partial charge in [0, 0.05) is 44.2 Å². The van der Waals surface area contributed by atoms with Crippen molar-refractivity contribution in [3.8, 4) is 0 Å². The van der Waals surface area contributed by atoms with Crippen LogP contribution in [-0.2, 0) is 24.1 Å². The van der Waals surface area contributed by atoms with Crippen LogP contribution in [0.3, 0.4) is 0 Å². The number of rotatable bonds is 5. The molecule has 1 aromatic carbocycles. The Hall–Kier alpha value is -1.77. The Labute approximate surface area is 177 Å². The third-order valence-electron chi connectivity index (χ3n) is 5.02. The summed E-state index contributed by atoms with van der Waals surface area (Å²) in [5, 5.41) is 3.83. The van der Waals surface area contributed by atoms with Gasteiger partial charge in [0.1, 0.15) is 0 Å². The first kappa shape index (κ1) is 21.9. The first-order valence-electron chi connectivity index (χ1n) is 9.20. The van der Waals surface area contributed by atoms with E-state index >= 15 is 0 Å². The summed E-state index contributed by atoms with van der Waals surface area (Å²) >= 11 is 11.9. The average molecular weight is 449 g/mol. The third kappa shape index (κ3) is 5.24. The molecule has 0 saturated carbocycles. The molecule has 1 aliphatic rings. The molecule has 0 spiro atoms. The minimum atomic E-state index is -4.62. The molecule has 2 heterocycles. The van der Waals surface area contributed by atoms with Crippen LogP contribution in [-0.4, -0.2) is 51.7 Å². The third-order valence-corrected chi connectivity index (χ3v) is 5.84. The molecule has 0 N–H and O–H groups in total. The lowest BCUT2D eigenvalue weighted by Gasteiger charge is -2.35. The summed E-state index contributed by atoms with van der Waals surface area (Å²) in [5.41, 5.74) is 0.133. The van der Waals surface area contributed by atoms with Crippen LogP contribution >= 0.6 is 23.2 Å². The maximum Gasteiger partial charge on any atom is 0.436 e. The van der Waals surface area contributed by atoms with E-state index in [1.807, 2.05) is 24.3 Å². The normalized spacial score (nSPS) is 15.7. The second-order valence-electron chi connectivity index (χ2n) is 6.97. The van der Waals surface area contributed by atoms with Crippen LogP contribution in [0.1, 0.15) is 23.4 Å². The van der Waals surface area contributed by atoms with Crippen molar-refractivity contribution in [2.75, 3.05) is 26.2 Å². The highest BCUT2D eigenvalue weighted by atomic mass is 35.5. The molecule has 10 heteroatoms. The first-order valence-corrected chi connectivity index (χ1v) is 9.96. The van der Waals surface area contributed by atoms with Crippen molar-refractivity contribution in [3.05, 3.63) is 51.3 Å². The molecule has 158 valence electrons. The molecule has 2 aromatic rings. The molecule has 0 bridgehead atoms. The number of aromatic nitrogens is 2. The summed E-state index contributed by atoms with van der Waals surface area (Å²) in [6, 6.07) is 7.65. The number of benzene rings is 1. The molecule has 5 nitrogen and oxygen atoms in total. The topological polar surface area (TPSA) is 41.4 Å². The lowest BCUT2D eigenvalue weighted by molar-refractivity contribution is -0.141. The van der Waals surface area contributed by atoms with Gasteiger partial charge < -0.3 is 4.90 Å². The number of carbonyl (C=O) groups excluding carboxylic acids is 1. The molecular formula is C19H21Cl2F3N4O. The second-order valence-corrected chi connectivity index (χ2v) is 7.75. The van der Waals surface area contributed by atoms with E-state index in [1.165, 1.54) is 6.92 Å². The number of piperazine rings is 1. The van der Waals surface area contributed by atoms with Crippen LogP contribution in [0.5, 0.6) is 0 Å². The number of hydrogen-bond donors (Lipinski definition) is 0. The molecule has 0 atom stereocenters. The van der Waals surface area contributed by atoms with E-state index in [2.05, 4.69) is 10.00 Å². The Balaban J connectivity index is 1.51. The fraction of sp³-hybridized carbons (Fsp3) is 0.474. The Bertz CT molecular complexity index is 877. The Morgan fingerprint density at radius 3 is 2.38 bits per heavy atom. The van der Waals surface area contributed by atoms with Gasteiger partial charge in [-0.25, -0.2) is 0 Å². The van der Waals surface area contributed by atoms with Crippen molar-refractivity contribution in [2.45, 2.75) is 32.6 Å². The molecule has 1 amide bonds. The highest BCUT2D eigenvalue weighted by Crippen LogP contribution is 2.35. The molecule has 3 rings (SSSR count). The number of hydrogen-bond acceptors (Lipinski definition) is 3. The maximum atomic E-state index is 12.9. The summed E-state index contributed by atoms with van der Waals surface area (Å²) < 4.78 is 39.9. The van der Waals surface area contributed by atoms with Crippen LogP contribution in [0.15, 0.2) is 24.3 Å². The number of alkyl halides is 3. The molecule has 0 unspecified atom stereocenters. The summed E-state index contributed by atoms with van der Waals surface area (Å²) in [6.07, 6.45) is -4.55. The van der Waals surface area contributed by atoms with Crippen molar-refractivity contribution in [3.63, 3.8) is 0 Å². The summed E-state index contributed by atoms with van der Waals surface area (Å²) in [7, 11) is 0. The molecule has 1 fully saturated rings. The lowest BCUT2D eigenvalue weighted by atomic mass is 10.2. The van der Waals surface area contributed by atoms with Gasteiger partial charge in [-0.15, -0.1) is 0 Å². The van der Waals surface area contributed by atoms with Crippen LogP contribution < -0.4 is 0 Å². The molecule has 1 aromatic heterocycles. The predicted octanol–water partition coefficient (Wildman–Crippen LogP) is 4.25. The van der Waals surface area contributed by atoms with Crippen molar-refractivity contribution in [1.29, 1.82) is 0 Å². The van der Waals surface area contributed by atoms with E-state index in [0.717, 1.165) is 15.3 Å². The van der Waals surface area contributed by atoms with Gasteiger partial charge in [0.05, 0.1) is 17.3 Å². The maximum absolute atomic E-state index is 12.9. The Morgan fingerprint density at radius 1 is 1.14 bits per heavy atom. The number of nitrogens with zero attached hydrogens (tertiary/aromatic N) is 4. The van der Waals surface area contributed by atoms with Gasteiger partial charge >= 0.3 is 6.18 Å². The zero-order valence-corrected chi connectivity index (χ0v) is 17.4. The summed E-state index contributed by atoms with van der Waals surface area (Å²) in [6.45, 7) is 4.78. The SMILES string of the molecule is Cc1c(Cl)c(C(F)(F)F)nn1CCC(=O)N1CCN(Cc2ccccc2Cl)CC1. The summed E-state index contributed by atoms with van der Waals surface area (Å²) in [5.74, 6) is -0.109. The average Bonchev–Trinajstić information content (AvgIpc) is 2.97. The Kier molecular flexibility index (Phi) is 6.76. The molecule has 1 saturated heterocycles. The van der Waals surface area contributed by atoms with Crippen molar-refractivity contribution < 1.29 is 18.0 Å². The fourth-order valence-corrected chi connectivity index (χ4v) is 3.74. The van der Waals surface area contributed by atoms with Gasteiger partial charge in [-0.3, -0.25) is 14.4 Å². The van der Waals surface area contributed by atoms with Gasteiger partial charge in [-0.2, -0.15) is 18.3 Å². The standard InChI is InChI=1S/C19H21Cl2F3N4O/c1-13-17(21)18(19(22,23)24)25-28(13)7-6-16(29)27-10-8-26(9-11-27)12-14-4-2-3-5-15(14)20/h2-5H,6-12H2,1H3. The summed E-state index contributed by atoms with van der Waals surface area (Å²) in [4.78, 5) is 16.4. The van der Waals surface area contributed by atoms with E-state index < -0.39 is 16.9 Å². The van der Waals surface area contributed by atoms with Crippen molar-refractivity contribution in [2.24, 2.45) is 0 Å². The molecule has 0 aliphatic carbocycles. The molecule has 1 aliphatic heterocycles. The van der Waals surface area contributed by atoms with Gasteiger partial charge in [0.25, 0.3) is 0 Å². The monoisotopic (exact) mass is 448 g/mol. The number of carbonyl (C=O) groups is 1. The van der Waals surface area contributed by atoms with Crippen molar-refractivity contribution in [1.82, 2.24) is 19.6 Å². The number of aryl methyl sites for hydroxylation is 1. The van der Waals surface area contributed by atoms with E-state index in [9.17, 15) is 18.0 Å². The van der Waals surface area contributed by atoms with Gasteiger partial charge in [0.2, 0.25) is 5.91 Å². The van der Waals surface area contributed by atoms with Crippen LogP contribution in [0, 0.1) is 6.92 Å². The van der Waals surface area contributed by atoms with E-state index in [4.69, 9.17) is 23.2 Å². The lowest BCUT2D eigenvalue weighted by Crippen LogP contribution is -2.48. The van der Waals surface area contributed by atoms with Crippen LogP contribution in [0.4, 0.5) is 13.2 Å². The zero-order chi connectivity index (χ0) is 21.2. The zero-order valence-electron chi connectivity index (χ0n) is 15.8. The molecule has 0 radical (unpaired) electrons. The largest absolute Gasteiger partial charge is 0.436 e. The molecular weight excluding hydrogens is 428 g/mol. The fourth-order valence-electron chi connectivity index (χ4n) is 3.31. The quantitative estimate of drug-likeness (QED) is 0.686. The van der Waals surface area contributed by atoms with Gasteiger partial charge in [0.15, 0.2) is 5.69 Å². The van der Waals surface area contributed by atoms with E-state index in [0.29, 0.717) is 32.7 Å². The smallest absolute Gasteiger partial charge is 0.340 e. The van der Waals surface area contributed by atoms with Crippen LogP contribution in [0.25, 0.3) is 0 Å². The predicted molar refractivity (Wildman–Crippen MR) is 105 cm³/mol. The minimum absolute atomic E-state index is 0.0559. The minimum Gasteiger partial charge on any atom is -0.340 e. The van der Waals surface area contributed by atoms with E-state index in [-0.39, 0.29) is 24.6 Å². The highest BCUT2D eigenvalue weighted by molar-refractivity contribution is 6.32. The van der Waals surface area contributed by atoms with E-state index in [1.54, 1.807) is 4.90 Å². The second kappa shape index (κ2) is 8.93. The highest BCUT2D eigenvalue weighted by Gasteiger charge is 2.38. The molecule has 29 heavy (non-hydrogen) atoms. The van der Waals surface area contributed by atoms with Crippen LogP contribution in [0.2, 0.25) is 10.0 Å². The number of halogens is 5. The van der Waals surface area contributed by atoms with Gasteiger partial charge in [-0.1, -0.05) is 41.4 Å². The van der Waals surface area contributed by atoms with Gasteiger partial charge in [-0.05, 0) is 18.6 Å².